The molecule has 0 amide bonds. The maximum Gasteiger partial charge on any atom is 0.0949 e. The van der Waals surface area contributed by atoms with Gasteiger partial charge in [0.2, 0.25) is 0 Å². The maximum atomic E-state index is 6.19. The molecule has 2 fully saturated rings. The van der Waals surface area contributed by atoms with Gasteiger partial charge in [-0.2, -0.15) is 0 Å². The highest BCUT2D eigenvalue weighted by Gasteiger charge is 2.29. The van der Waals surface area contributed by atoms with Crippen LogP contribution in [-0.2, 0) is 18.3 Å². The molecule has 1 atom stereocenters. The fourth-order valence-corrected chi connectivity index (χ4v) is 4.95. The maximum absolute atomic E-state index is 6.19. The van der Waals surface area contributed by atoms with Crippen molar-refractivity contribution in [3.63, 3.8) is 0 Å². The molecule has 0 radical (unpaired) electrons. The van der Waals surface area contributed by atoms with E-state index in [1.54, 1.807) is 0 Å². The van der Waals surface area contributed by atoms with E-state index in [0.29, 0.717) is 5.92 Å². The quantitative estimate of drug-likeness (QED) is 0.760. The zero-order valence-corrected chi connectivity index (χ0v) is 15.8. The van der Waals surface area contributed by atoms with Gasteiger partial charge in [-0.3, -0.25) is 4.90 Å². The molecular weight excluding hydrogens is 312 g/mol. The summed E-state index contributed by atoms with van der Waals surface area (Å²) >= 11 is 0. The summed E-state index contributed by atoms with van der Waals surface area (Å²) in [5.74, 6) is 1.28. The molecule has 0 aromatic carbocycles. The van der Waals surface area contributed by atoms with Crippen LogP contribution < -0.4 is 0 Å². The van der Waals surface area contributed by atoms with E-state index in [0.717, 1.165) is 38.8 Å². The molecule has 5 heteroatoms. The Morgan fingerprint density at radius 1 is 1.04 bits per heavy atom. The fraction of sp³-hybridized carbons (Fsp3) is 0.850. The fourth-order valence-electron chi connectivity index (χ4n) is 4.95. The second kappa shape index (κ2) is 8.19. The third kappa shape index (κ3) is 4.26. The van der Waals surface area contributed by atoms with Crippen LogP contribution in [0.25, 0.3) is 0 Å². The van der Waals surface area contributed by atoms with Gasteiger partial charge in [0.25, 0.3) is 0 Å². The number of hydrogen-bond donors (Lipinski definition) is 0. The highest BCUT2D eigenvalue weighted by Crippen LogP contribution is 2.29. The van der Waals surface area contributed by atoms with Crippen molar-refractivity contribution in [2.45, 2.75) is 51.0 Å². The lowest BCUT2D eigenvalue weighted by molar-refractivity contribution is 0.0706. The van der Waals surface area contributed by atoms with Crippen molar-refractivity contribution < 1.29 is 4.74 Å². The summed E-state index contributed by atoms with van der Waals surface area (Å²) in [6.45, 7) is 8.87. The van der Waals surface area contributed by atoms with Crippen LogP contribution >= 0.6 is 0 Å². The van der Waals surface area contributed by atoms with Crippen molar-refractivity contribution in [2.24, 2.45) is 13.0 Å². The lowest BCUT2D eigenvalue weighted by Gasteiger charge is -2.34. The smallest absolute Gasteiger partial charge is 0.0949 e. The predicted octanol–water partition coefficient (Wildman–Crippen LogP) is 2.62. The van der Waals surface area contributed by atoms with E-state index in [4.69, 9.17) is 4.74 Å². The number of aromatic nitrogens is 2. The van der Waals surface area contributed by atoms with Crippen LogP contribution in [0.2, 0.25) is 0 Å². The number of nitrogens with zero attached hydrogens (tertiary/aromatic N) is 4. The first-order valence-corrected chi connectivity index (χ1v) is 10.3. The zero-order chi connectivity index (χ0) is 17.1. The highest BCUT2D eigenvalue weighted by molar-refractivity contribution is 5.21. The molecule has 140 valence electrons. The lowest BCUT2D eigenvalue weighted by Crippen LogP contribution is -2.40. The summed E-state index contributed by atoms with van der Waals surface area (Å²) < 4.78 is 8.41. The van der Waals surface area contributed by atoms with Crippen molar-refractivity contribution in [1.82, 2.24) is 19.4 Å². The number of ether oxygens (including phenoxy) is 1. The summed E-state index contributed by atoms with van der Waals surface area (Å²) in [4.78, 5) is 9.88. The van der Waals surface area contributed by atoms with Crippen LogP contribution in [0, 0.1) is 5.92 Å². The van der Waals surface area contributed by atoms with Gasteiger partial charge in [-0.1, -0.05) is 12.8 Å². The van der Waals surface area contributed by atoms with E-state index < -0.39 is 0 Å². The summed E-state index contributed by atoms with van der Waals surface area (Å²) in [5, 5.41) is 0. The third-order valence-corrected chi connectivity index (χ3v) is 6.38. The molecule has 1 unspecified atom stereocenters. The Labute approximate surface area is 152 Å². The molecule has 1 saturated heterocycles. The van der Waals surface area contributed by atoms with Crippen LogP contribution in [0.3, 0.4) is 0 Å². The lowest BCUT2D eigenvalue weighted by atomic mass is 9.99. The van der Waals surface area contributed by atoms with Gasteiger partial charge in [0, 0.05) is 51.4 Å². The molecule has 0 N–H and O–H groups in total. The monoisotopic (exact) mass is 346 g/mol. The van der Waals surface area contributed by atoms with Crippen molar-refractivity contribution in [3.05, 3.63) is 17.7 Å². The standard InChI is InChI=1S/C20H34N4O/c1-22-16-21-19-13-24(11-10-23-8-4-5-9-23)12-18(20(19)22)15-25-14-17-6-2-3-7-17/h16-18H,2-15H2,1H3. The van der Waals surface area contributed by atoms with Crippen molar-refractivity contribution >= 4 is 0 Å². The van der Waals surface area contributed by atoms with Gasteiger partial charge in [-0.05, 0) is 44.7 Å². The predicted molar refractivity (Wildman–Crippen MR) is 99.7 cm³/mol. The van der Waals surface area contributed by atoms with Crippen LogP contribution in [-0.4, -0.2) is 65.3 Å². The molecule has 3 heterocycles. The first-order valence-electron chi connectivity index (χ1n) is 10.3. The van der Waals surface area contributed by atoms with E-state index in [9.17, 15) is 0 Å². The van der Waals surface area contributed by atoms with Crippen LogP contribution in [0.4, 0.5) is 0 Å². The molecule has 1 saturated carbocycles. The Hall–Kier alpha value is -0.910. The molecule has 1 aromatic rings. The second-order valence-electron chi connectivity index (χ2n) is 8.36. The van der Waals surface area contributed by atoms with Crippen LogP contribution in [0.15, 0.2) is 6.33 Å². The number of rotatable bonds is 7. The largest absolute Gasteiger partial charge is 0.380 e. The Morgan fingerprint density at radius 3 is 2.60 bits per heavy atom. The Balaban J connectivity index is 1.33. The van der Waals surface area contributed by atoms with Crippen LogP contribution in [0.5, 0.6) is 0 Å². The molecule has 5 nitrogen and oxygen atoms in total. The van der Waals surface area contributed by atoms with Gasteiger partial charge in [0.05, 0.1) is 18.6 Å². The summed E-state index contributed by atoms with van der Waals surface area (Å²) in [6.07, 6.45) is 10.3. The number of hydrogen-bond acceptors (Lipinski definition) is 4. The van der Waals surface area contributed by atoms with E-state index in [2.05, 4.69) is 26.4 Å². The number of imidazole rings is 1. The van der Waals surface area contributed by atoms with Gasteiger partial charge in [-0.15, -0.1) is 0 Å². The van der Waals surface area contributed by atoms with E-state index in [1.165, 1.54) is 69.5 Å². The first kappa shape index (κ1) is 17.5. The van der Waals surface area contributed by atoms with Gasteiger partial charge in [0.1, 0.15) is 0 Å². The van der Waals surface area contributed by atoms with Gasteiger partial charge >= 0.3 is 0 Å². The average Bonchev–Trinajstić information content (AvgIpc) is 3.35. The van der Waals surface area contributed by atoms with Crippen molar-refractivity contribution in [1.29, 1.82) is 0 Å². The average molecular weight is 347 g/mol. The van der Waals surface area contributed by atoms with Crippen LogP contribution in [0.1, 0.15) is 55.8 Å². The Kier molecular flexibility index (Phi) is 5.73. The minimum atomic E-state index is 0.469. The van der Waals surface area contributed by atoms with Crippen molar-refractivity contribution in [3.8, 4) is 0 Å². The minimum absolute atomic E-state index is 0.469. The topological polar surface area (TPSA) is 33.5 Å². The molecule has 4 rings (SSSR count). The van der Waals surface area contributed by atoms with E-state index in [1.807, 2.05) is 6.33 Å². The summed E-state index contributed by atoms with van der Waals surface area (Å²) in [7, 11) is 2.13. The minimum Gasteiger partial charge on any atom is -0.380 e. The Morgan fingerprint density at radius 2 is 1.80 bits per heavy atom. The molecule has 1 aliphatic carbocycles. The normalized spacial score (nSPS) is 25.7. The molecule has 25 heavy (non-hydrogen) atoms. The first-order chi connectivity index (χ1) is 12.3. The SMILES string of the molecule is Cn1cnc2c1C(COCC1CCCC1)CN(CCN1CCCC1)C2. The highest BCUT2D eigenvalue weighted by atomic mass is 16.5. The van der Waals surface area contributed by atoms with Gasteiger partial charge in [-0.25, -0.2) is 4.98 Å². The molecular formula is C20H34N4O. The number of fused-ring (bicyclic) bond motifs is 1. The molecule has 0 bridgehead atoms. The second-order valence-corrected chi connectivity index (χ2v) is 8.36. The molecule has 1 aromatic heterocycles. The number of likely N-dealkylation sites (tertiary alicyclic amines) is 1. The van der Waals surface area contributed by atoms with Gasteiger partial charge in [0.15, 0.2) is 0 Å². The van der Waals surface area contributed by atoms with Gasteiger partial charge < -0.3 is 14.2 Å². The van der Waals surface area contributed by atoms with E-state index >= 15 is 0 Å². The van der Waals surface area contributed by atoms with E-state index in [-0.39, 0.29) is 0 Å². The Bertz CT molecular complexity index is 546. The number of aryl methyl sites for hydroxylation is 1. The molecule has 0 spiro atoms. The van der Waals surface area contributed by atoms with Crippen molar-refractivity contribution in [2.75, 3.05) is 45.9 Å². The summed E-state index contributed by atoms with van der Waals surface area (Å²) in [6, 6.07) is 0. The molecule has 2 aliphatic heterocycles. The molecule has 3 aliphatic rings. The zero-order valence-electron chi connectivity index (χ0n) is 15.8. The summed E-state index contributed by atoms with van der Waals surface area (Å²) in [5.41, 5.74) is 2.67. The third-order valence-electron chi connectivity index (χ3n) is 6.38.